The molecular weight excluding hydrogens is 207 g/mol. The Bertz CT molecular complexity index is 351. The maximum Gasteiger partial charge on any atom is 0.321 e. The van der Waals surface area contributed by atoms with E-state index in [1.54, 1.807) is 11.9 Å². The van der Waals surface area contributed by atoms with Crippen molar-refractivity contribution in [3.63, 3.8) is 0 Å². The lowest BCUT2D eigenvalue weighted by Crippen LogP contribution is -2.37. The third kappa shape index (κ3) is 3.22. The molecule has 1 rings (SSSR count). The highest BCUT2D eigenvalue weighted by molar-refractivity contribution is 5.89. The van der Waals surface area contributed by atoms with Gasteiger partial charge in [-0.2, -0.15) is 0 Å². The minimum Gasteiger partial charge on any atom is -0.325 e. The summed E-state index contributed by atoms with van der Waals surface area (Å²) in [5.41, 5.74) is 0.599. The van der Waals surface area contributed by atoms with Crippen LogP contribution in [0.15, 0.2) is 24.3 Å². The van der Waals surface area contributed by atoms with Crippen LogP contribution >= 0.6 is 0 Å². The first-order valence-corrected chi connectivity index (χ1v) is 5.34. The molecule has 0 saturated heterocycles. The molecule has 0 heterocycles. The van der Waals surface area contributed by atoms with Crippen LogP contribution in [0.25, 0.3) is 0 Å². The van der Waals surface area contributed by atoms with E-state index < -0.39 is 0 Å². The SMILES string of the molecule is CC[C@@H](C)N(C)C(=O)Nc1ccc(F)cc1. The summed E-state index contributed by atoms with van der Waals surface area (Å²) in [5.74, 6) is -0.312. The summed E-state index contributed by atoms with van der Waals surface area (Å²) >= 11 is 0. The van der Waals surface area contributed by atoms with Gasteiger partial charge in [-0.05, 0) is 37.6 Å². The van der Waals surface area contributed by atoms with E-state index in [4.69, 9.17) is 0 Å². The summed E-state index contributed by atoms with van der Waals surface area (Å²) in [6.45, 7) is 4.00. The van der Waals surface area contributed by atoms with Gasteiger partial charge in [-0.25, -0.2) is 9.18 Å². The Balaban J connectivity index is 2.60. The van der Waals surface area contributed by atoms with Gasteiger partial charge in [-0.15, -0.1) is 0 Å². The number of hydrogen-bond donors (Lipinski definition) is 1. The molecule has 0 aromatic heterocycles. The topological polar surface area (TPSA) is 32.3 Å². The molecule has 0 spiro atoms. The van der Waals surface area contributed by atoms with Crippen LogP contribution < -0.4 is 5.32 Å². The molecular formula is C12H17FN2O. The fraction of sp³-hybridized carbons (Fsp3) is 0.417. The van der Waals surface area contributed by atoms with Crippen LogP contribution in [0.5, 0.6) is 0 Å². The molecule has 0 saturated carbocycles. The van der Waals surface area contributed by atoms with Crippen molar-refractivity contribution in [2.24, 2.45) is 0 Å². The van der Waals surface area contributed by atoms with Gasteiger partial charge in [-0.3, -0.25) is 0 Å². The lowest BCUT2D eigenvalue weighted by molar-refractivity contribution is 0.206. The van der Waals surface area contributed by atoms with Gasteiger partial charge < -0.3 is 10.2 Å². The Labute approximate surface area is 95.3 Å². The van der Waals surface area contributed by atoms with Crippen LogP contribution in [0.1, 0.15) is 20.3 Å². The van der Waals surface area contributed by atoms with Crippen LogP contribution in [0, 0.1) is 5.82 Å². The minimum absolute atomic E-state index is 0.180. The number of hydrogen-bond acceptors (Lipinski definition) is 1. The van der Waals surface area contributed by atoms with E-state index in [1.165, 1.54) is 24.3 Å². The lowest BCUT2D eigenvalue weighted by Gasteiger charge is -2.24. The average molecular weight is 224 g/mol. The number of nitrogens with zero attached hydrogens (tertiary/aromatic N) is 1. The van der Waals surface area contributed by atoms with Crippen LogP contribution in [0.4, 0.5) is 14.9 Å². The van der Waals surface area contributed by atoms with Gasteiger partial charge in [0.1, 0.15) is 5.82 Å². The van der Waals surface area contributed by atoms with Crippen LogP contribution in [-0.2, 0) is 0 Å². The van der Waals surface area contributed by atoms with Crippen molar-refractivity contribution in [3.8, 4) is 0 Å². The van der Waals surface area contributed by atoms with Gasteiger partial charge in [-0.1, -0.05) is 6.92 Å². The molecule has 1 aromatic rings. The number of benzene rings is 1. The lowest BCUT2D eigenvalue weighted by atomic mass is 10.2. The molecule has 88 valence electrons. The third-order valence-corrected chi connectivity index (χ3v) is 2.67. The van der Waals surface area contributed by atoms with E-state index >= 15 is 0 Å². The standard InChI is InChI=1S/C12H17FN2O/c1-4-9(2)15(3)12(16)14-11-7-5-10(13)6-8-11/h5-9H,4H2,1-3H3,(H,14,16)/t9-/m1/s1. The normalized spacial score (nSPS) is 12.0. The Morgan fingerprint density at radius 1 is 1.44 bits per heavy atom. The molecule has 3 nitrogen and oxygen atoms in total. The summed E-state index contributed by atoms with van der Waals surface area (Å²) in [5, 5.41) is 2.70. The van der Waals surface area contributed by atoms with Gasteiger partial charge in [0.05, 0.1) is 0 Å². The first-order valence-electron chi connectivity index (χ1n) is 5.34. The highest BCUT2D eigenvalue weighted by Gasteiger charge is 2.13. The first kappa shape index (κ1) is 12.5. The number of anilines is 1. The number of urea groups is 1. The van der Waals surface area contributed by atoms with Gasteiger partial charge in [0.25, 0.3) is 0 Å². The Hall–Kier alpha value is -1.58. The predicted octanol–water partition coefficient (Wildman–Crippen LogP) is 3.09. The highest BCUT2D eigenvalue weighted by Crippen LogP contribution is 2.10. The molecule has 1 N–H and O–H groups in total. The summed E-state index contributed by atoms with van der Waals surface area (Å²) in [4.78, 5) is 13.3. The number of carbonyl (C=O) groups excluding carboxylic acids is 1. The van der Waals surface area contributed by atoms with Gasteiger partial charge in [0.2, 0.25) is 0 Å². The Morgan fingerprint density at radius 3 is 2.50 bits per heavy atom. The molecule has 0 aliphatic carbocycles. The summed E-state index contributed by atoms with van der Waals surface area (Å²) < 4.78 is 12.6. The van der Waals surface area contributed by atoms with Gasteiger partial charge in [0.15, 0.2) is 0 Å². The summed E-state index contributed by atoms with van der Waals surface area (Å²) in [6, 6.07) is 5.72. The zero-order valence-corrected chi connectivity index (χ0v) is 9.83. The molecule has 0 radical (unpaired) electrons. The third-order valence-electron chi connectivity index (χ3n) is 2.67. The second-order valence-electron chi connectivity index (χ2n) is 3.81. The van der Waals surface area contributed by atoms with Crippen molar-refractivity contribution >= 4 is 11.7 Å². The van der Waals surface area contributed by atoms with E-state index in [9.17, 15) is 9.18 Å². The van der Waals surface area contributed by atoms with E-state index in [-0.39, 0.29) is 17.9 Å². The zero-order valence-electron chi connectivity index (χ0n) is 9.83. The van der Waals surface area contributed by atoms with Gasteiger partial charge in [0, 0.05) is 18.8 Å². The second kappa shape index (κ2) is 5.49. The number of halogens is 1. The van der Waals surface area contributed by atoms with Crippen molar-refractivity contribution in [3.05, 3.63) is 30.1 Å². The van der Waals surface area contributed by atoms with E-state index in [0.717, 1.165) is 6.42 Å². The fourth-order valence-corrected chi connectivity index (χ4v) is 1.22. The van der Waals surface area contributed by atoms with Crippen molar-refractivity contribution in [1.82, 2.24) is 4.90 Å². The monoisotopic (exact) mass is 224 g/mol. The summed E-state index contributed by atoms with van der Waals surface area (Å²) in [6.07, 6.45) is 0.896. The molecule has 0 unspecified atom stereocenters. The van der Waals surface area contributed by atoms with Crippen LogP contribution in [0.2, 0.25) is 0 Å². The van der Waals surface area contributed by atoms with Crippen molar-refractivity contribution < 1.29 is 9.18 Å². The van der Waals surface area contributed by atoms with Gasteiger partial charge >= 0.3 is 6.03 Å². The average Bonchev–Trinajstić information content (AvgIpc) is 2.30. The predicted molar refractivity (Wildman–Crippen MR) is 62.9 cm³/mol. The Morgan fingerprint density at radius 2 is 2.00 bits per heavy atom. The van der Waals surface area contributed by atoms with Crippen molar-refractivity contribution in [1.29, 1.82) is 0 Å². The molecule has 16 heavy (non-hydrogen) atoms. The van der Waals surface area contributed by atoms with E-state index in [2.05, 4.69) is 5.32 Å². The molecule has 1 atom stereocenters. The van der Waals surface area contributed by atoms with Crippen LogP contribution in [-0.4, -0.2) is 24.0 Å². The maximum absolute atomic E-state index is 12.6. The van der Waals surface area contributed by atoms with Crippen LogP contribution in [0.3, 0.4) is 0 Å². The molecule has 2 amide bonds. The first-order chi connectivity index (χ1) is 7.54. The number of rotatable bonds is 3. The number of nitrogens with one attached hydrogen (secondary N) is 1. The zero-order chi connectivity index (χ0) is 12.1. The van der Waals surface area contributed by atoms with E-state index in [0.29, 0.717) is 5.69 Å². The maximum atomic E-state index is 12.6. The quantitative estimate of drug-likeness (QED) is 0.840. The minimum atomic E-state index is -0.312. The molecule has 4 heteroatoms. The summed E-state index contributed by atoms with van der Waals surface area (Å²) in [7, 11) is 1.74. The largest absolute Gasteiger partial charge is 0.325 e. The molecule has 0 aliphatic rings. The molecule has 0 fully saturated rings. The van der Waals surface area contributed by atoms with Crippen molar-refractivity contribution in [2.45, 2.75) is 26.3 Å². The highest BCUT2D eigenvalue weighted by atomic mass is 19.1. The molecule has 0 aliphatic heterocycles. The second-order valence-corrected chi connectivity index (χ2v) is 3.81. The molecule has 1 aromatic carbocycles. The smallest absolute Gasteiger partial charge is 0.321 e. The number of amides is 2. The molecule has 0 bridgehead atoms. The van der Waals surface area contributed by atoms with E-state index in [1.807, 2.05) is 13.8 Å². The Kier molecular flexibility index (Phi) is 4.28. The van der Waals surface area contributed by atoms with Crippen molar-refractivity contribution in [2.75, 3.05) is 12.4 Å². The fourth-order valence-electron chi connectivity index (χ4n) is 1.22. The number of carbonyl (C=O) groups is 1.